The molecule has 0 aliphatic carbocycles. The van der Waals surface area contributed by atoms with E-state index in [4.69, 9.17) is 25.8 Å². The van der Waals surface area contributed by atoms with Crippen LogP contribution in [-0.2, 0) is 4.74 Å². The summed E-state index contributed by atoms with van der Waals surface area (Å²) < 4.78 is 16.2. The first-order valence-corrected chi connectivity index (χ1v) is 9.69. The van der Waals surface area contributed by atoms with E-state index in [2.05, 4.69) is 15.6 Å². The van der Waals surface area contributed by atoms with Gasteiger partial charge in [0.15, 0.2) is 0 Å². The molecule has 1 atom stereocenters. The minimum atomic E-state index is -0.316. The molecule has 1 saturated heterocycles. The minimum Gasteiger partial charge on any atom is -0.497 e. The van der Waals surface area contributed by atoms with Crippen LogP contribution >= 0.6 is 11.6 Å². The van der Waals surface area contributed by atoms with Crippen molar-refractivity contribution in [1.82, 2.24) is 5.32 Å². The molecule has 0 saturated carbocycles. The number of benzene rings is 2. The summed E-state index contributed by atoms with van der Waals surface area (Å²) in [4.78, 5) is 17.3. The summed E-state index contributed by atoms with van der Waals surface area (Å²) in [5.41, 5.74) is 1.05. The highest BCUT2D eigenvalue weighted by atomic mass is 35.5. The van der Waals surface area contributed by atoms with Crippen LogP contribution in [0.25, 0.3) is 0 Å². The number of rotatable bonds is 6. The highest BCUT2D eigenvalue weighted by Crippen LogP contribution is 2.27. The molecule has 1 amide bonds. The number of aliphatic imine (C=N–C) groups is 1. The van der Waals surface area contributed by atoms with E-state index in [1.54, 1.807) is 56.7 Å². The lowest BCUT2D eigenvalue weighted by Crippen LogP contribution is -2.36. The van der Waals surface area contributed by atoms with Gasteiger partial charge in [0.05, 0.1) is 32.6 Å². The van der Waals surface area contributed by atoms with Crippen LogP contribution in [0, 0.1) is 0 Å². The van der Waals surface area contributed by atoms with Crippen LogP contribution in [0.5, 0.6) is 11.5 Å². The van der Waals surface area contributed by atoms with Gasteiger partial charge in [0.1, 0.15) is 11.5 Å². The van der Waals surface area contributed by atoms with E-state index in [1.165, 1.54) is 0 Å². The smallest absolute Gasteiger partial charge is 0.258 e. The van der Waals surface area contributed by atoms with Gasteiger partial charge in [-0.3, -0.25) is 10.1 Å². The third kappa shape index (κ3) is 5.85. The van der Waals surface area contributed by atoms with Gasteiger partial charge in [-0.1, -0.05) is 17.7 Å². The molecule has 8 heteroatoms. The lowest BCUT2D eigenvalue weighted by atomic mass is 10.2. The summed E-state index contributed by atoms with van der Waals surface area (Å²) in [6.45, 7) is 1.17. The topological polar surface area (TPSA) is 81.2 Å². The molecule has 2 aromatic carbocycles. The number of methoxy groups -OCH3 is 2. The van der Waals surface area contributed by atoms with Crippen molar-refractivity contribution in [2.24, 2.45) is 4.99 Å². The van der Waals surface area contributed by atoms with Gasteiger partial charge >= 0.3 is 0 Å². The molecule has 3 rings (SSSR count). The van der Waals surface area contributed by atoms with Crippen LogP contribution in [0.15, 0.2) is 47.5 Å². The zero-order chi connectivity index (χ0) is 20.6. The zero-order valence-electron chi connectivity index (χ0n) is 16.4. The highest BCUT2D eigenvalue weighted by Gasteiger charge is 2.17. The first-order valence-electron chi connectivity index (χ1n) is 9.31. The van der Waals surface area contributed by atoms with Crippen LogP contribution in [-0.4, -0.2) is 45.3 Å². The fraction of sp³-hybridized carbons (Fsp3) is 0.333. The number of ether oxygens (including phenoxy) is 3. The summed E-state index contributed by atoms with van der Waals surface area (Å²) >= 11 is 6.12. The predicted molar refractivity (Wildman–Crippen MR) is 113 cm³/mol. The monoisotopic (exact) mass is 417 g/mol. The summed E-state index contributed by atoms with van der Waals surface area (Å²) in [5, 5.41) is 6.47. The van der Waals surface area contributed by atoms with Crippen LogP contribution in [0.1, 0.15) is 23.2 Å². The van der Waals surface area contributed by atoms with Crippen molar-refractivity contribution in [1.29, 1.82) is 0 Å². The van der Waals surface area contributed by atoms with E-state index in [0.29, 0.717) is 34.3 Å². The van der Waals surface area contributed by atoms with Gasteiger partial charge in [-0.2, -0.15) is 0 Å². The number of hydrogen-bond acceptors (Lipinski definition) is 5. The average molecular weight is 418 g/mol. The number of amides is 1. The molecule has 1 unspecified atom stereocenters. The average Bonchev–Trinajstić information content (AvgIpc) is 3.26. The fourth-order valence-electron chi connectivity index (χ4n) is 2.94. The maximum atomic E-state index is 12.8. The van der Waals surface area contributed by atoms with Crippen molar-refractivity contribution in [2.75, 3.05) is 32.7 Å². The minimum absolute atomic E-state index is 0.0433. The van der Waals surface area contributed by atoms with Crippen LogP contribution in [0.4, 0.5) is 5.69 Å². The molecule has 1 heterocycles. The van der Waals surface area contributed by atoms with E-state index < -0.39 is 0 Å². The molecule has 0 aromatic heterocycles. The Bertz CT molecular complexity index is 882. The Morgan fingerprint density at radius 2 is 2.10 bits per heavy atom. The number of hydrogen-bond donors (Lipinski definition) is 2. The number of halogens is 1. The Kier molecular flexibility index (Phi) is 7.32. The second kappa shape index (κ2) is 10.1. The normalized spacial score (nSPS) is 16.4. The third-order valence-electron chi connectivity index (χ3n) is 4.46. The van der Waals surface area contributed by atoms with E-state index in [1.807, 2.05) is 0 Å². The fourth-order valence-corrected chi connectivity index (χ4v) is 3.11. The van der Waals surface area contributed by atoms with Gasteiger partial charge in [-0.25, -0.2) is 4.99 Å². The first-order chi connectivity index (χ1) is 14.1. The molecular formula is C21H24ClN3O4. The largest absolute Gasteiger partial charge is 0.497 e. The summed E-state index contributed by atoms with van der Waals surface area (Å²) in [7, 11) is 3.12. The number of guanidine groups is 1. The number of carbonyl (C=O) groups is 1. The van der Waals surface area contributed by atoms with E-state index in [9.17, 15) is 4.79 Å². The molecule has 1 fully saturated rings. The van der Waals surface area contributed by atoms with Gasteiger partial charge in [0.25, 0.3) is 5.91 Å². The number of nitrogens with one attached hydrogen (secondary N) is 2. The van der Waals surface area contributed by atoms with Crippen molar-refractivity contribution in [3.63, 3.8) is 0 Å². The molecule has 2 N–H and O–H groups in total. The third-order valence-corrected chi connectivity index (χ3v) is 4.69. The van der Waals surface area contributed by atoms with Crippen molar-refractivity contribution in [3.05, 3.63) is 53.1 Å². The van der Waals surface area contributed by atoms with Gasteiger partial charge in [-0.15, -0.1) is 0 Å². The van der Waals surface area contributed by atoms with Gasteiger partial charge in [0, 0.05) is 17.2 Å². The van der Waals surface area contributed by atoms with Crippen LogP contribution in [0.3, 0.4) is 0 Å². The van der Waals surface area contributed by atoms with Gasteiger partial charge in [0.2, 0.25) is 5.96 Å². The highest BCUT2D eigenvalue weighted by molar-refractivity contribution is 6.31. The van der Waals surface area contributed by atoms with E-state index in [0.717, 1.165) is 19.4 Å². The Morgan fingerprint density at radius 1 is 1.24 bits per heavy atom. The molecule has 0 radical (unpaired) electrons. The molecule has 2 aromatic rings. The standard InChI is InChI=1S/C21H24ClN3O4/c1-27-16-6-3-5-14(11-16)20(26)25-21(23-13-17-7-4-10-29-17)24-18-12-15(22)8-9-19(18)28-2/h3,5-6,8-9,11-12,17H,4,7,10,13H2,1-2H3,(H2,23,24,25,26). The number of nitrogens with zero attached hydrogens (tertiary/aromatic N) is 1. The SMILES string of the molecule is COc1cccc(C(=O)NC(=NCC2CCCO2)Nc2cc(Cl)ccc2OC)c1. The first kappa shape index (κ1) is 21.0. The summed E-state index contributed by atoms with van der Waals surface area (Å²) in [5.74, 6) is 1.15. The Hall–Kier alpha value is -2.77. The van der Waals surface area contributed by atoms with Gasteiger partial charge in [-0.05, 0) is 49.2 Å². The molecule has 29 heavy (non-hydrogen) atoms. The quantitative estimate of drug-likeness (QED) is 0.552. The molecule has 0 spiro atoms. The Labute approximate surface area is 175 Å². The van der Waals surface area contributed by atoms with Crippen molar-refractivity contribution < 1.29 is 19.0 Å². The van der Waals surface area contributed by atoms with Crippen LogP contribution in [0.2, 0.25) is 5.02 Å². The Morgan fingerprint density at radius 3 is 2.83 bits per heavy atom. The molecule has 7 nitrogen and oxygen atoms in total. The maximum absolute atomic E-state index is 12.8. The lowest BCUT2D eigenvalue weighted by Gasteiger charge is -2.16. The zero-order valence-corrected chi connectivity index (χ0v) is 17.2. The molecule has 154 valence electrons. The van der Waals surface area contributed by atoms with E-state index in [-0.39, 0.29) is 18.0 Å². The predicted octanol–water partition coefficient (Wildman–Crippen LogP) is 3.73. The maximum Gasteiger partial charge on any atom is 0.258 e. The number of carbonyl (C=O) groups excluding carboxylic acids is 1. The molecule has 1 aliphatic rings. The Balaban J connectivity index is 1.81. The second-order valence-electron chi connectivity index (χ2n) is 6.48. The summed E-state index contributed by atoms with van der Waals surface area (Å²) in [6.07, 6.45) is 2.00. The molecule has 0 bridgehead atoms. The van der Waals surface area contributed by atoms with Crippen molar-refractivity contribution in [3.8, 4) is 11.5 Å². The number of anilines is 1. The second-order valence-corrected chi connectivity index (χ2v) is 6.92. The van der Waals surface area contributed by atoms with E-state index >= 15 is 0 Å². The van der Waals surface area contributed by atoms with Crippen LogP contribution < -0.4 is 20.1 Å². The molecular weight excluding hydrogens is 394 g/mol. The lowest BCUT2D eigenvalue weighted by molar-refractivity contribution is 0.0975. The van der Waals surface area contributed by atoms with Crippen molar-refractivity contribution in [2.45, 2.75) is 18.9 Å². The van der Waals surface area contributed by atoms with Gasteiger partial charge < -0.3 is 19.5 Å². The summed E-state index contributed by atoms with van der Waals surface area (Å²) in [6, 6.07) is 12.1. The van der Waals surface area contributed by atoms with Crippen molar-refractivity contribution >= 4 is 29.2 Å². The molecule has 1 aliphatic heterocycles.